The maximum atomic E-state index is 8.84. The average molecular weight is 260 g/mol. The van der Waals surface area contributed by atoms with Crippen molar-refractivity contribution in [3.63, 3.8) is 0 Å². The Hall–Kier alpha value is -1.40. The van der Waals surface area contributed by atoms with E-state index in [0.29, 0.717) is 5.57 Å². The Morgan fingerprint density at radius 1 is 1.50 bits per heavy atom. The Kier molecular flexibility index (Phi) is 5.80. The molecule has 0 saturated carbocycles. The monoisotopic (exact) mass is 260 g/mol. The van der Waals surface area contributed by atoms with E-state index in [-0.39, 0.29) is 6.04 Å². The number of nitrogens with zero attached hydrogens (tertiary/aromatic N) is 2. The number of thioether (sulfide) groups is 1. The van der Waals surface area contributed by atoms with Gasteiger partial charge in [-0.15, -0.1) is 11.8 Å². The lowest BCUT2D eigenvalue weighted by Crippen LogP contribution is -2.28. The van der Waals surface area contributed by atoms with Gasteiger partial charge in [0.05, 0.1) is 11.6 Å². The molecule has 0 radical (unpaired) electrons. The molecule has 0 N–H and O–H groups in total. The molecule has 0 spiro atoms. The molecule has 3 heteroatoms. The number of nitriles is 1. The normalized spacial score (nSPS) is 20.7. The van der Waals surface area contributed by atoms with Crippen LogP contribution in [0.4, 0.5) is 0 Å². The van der Waals surface area contributed by atoms with Gasteiger partial charge in [-0.25, -0.2) is 0 Å². The predicted octanol–water partition coefficient (Wildman–Crippen LogP) is 4.21. The van der Waals surface area contributed by atoms with Gasteiger partial charge < -0.3 is 4.90 Å². The highest BCUT2D eigenvalue weighted by molar-refractivity contribution is 8.04. The molecule has 2 nitrogen and oxygen atoms in total. The summed E-state index contributed by atoms with van der Waals surface area (Å²) in [5.41, 5.74) is 3.38. The number of hydrogen-bond donors (Lipinski definition) is 0. The van der Waals surface area contributed by atoms with Crippen molar-refractivity contribution in [2.24, 2.45) is 0 Å². The molecular formula is C15H20N2S. The van der Waals surface area contributed by atoms with Crippen molar-refractivity contribution in [1.82, 2.24) is 4.90 Å². The van der Waals surface area contributed by atoms with Crippen LogP contribution in [0.2, 0.25) is 0 Å². The second-order valence-electron chi connectivity index (χ2n) is 4.48. The van der Waals surface area contributed by atoms with E-state index in [4.69, 9.17) is 5.26 Å². The molecule has 0 amide bonds. The van der Waals surface area contributed by atoms with Crippen LogP contribution in [0.5, 0.6) is 0 Å². The molecule has 0 aromatic carbocycles. The highest BCUT2D eigenvalue weighted by atomic mass is 32.2. The first kappa shape index (κ1) is 14.7. The van der Waals surface area contributed by atoms with Crippen molar-refractivity contribution in [1.29, 1.82) is 5.26 Å². The van der Waals surface area contributed by atoms with Crippen LogP contribution in [-0.2, 0) is 0 Å². The zero-order valence-electron chi connectivity index (χ0n) is 11.5. The fraction of sp³-hybridized carbons (Fsp3) is 0.400. The third kappa shape index (κ3) is 4.12. The first-order chi connectivity index (χ1) is 8.58. The van der Waals surface area contributed by atoms with Gasteiger partial charge in [0, 0.05) is 13.2 Å². The van der Waals surface area contributed by atoms with Gasteiger partial charge in [0.25, 0.3) is 0 Å². The van der Waals surface area contributed by atoms with Crippen molar-refractivity contribution in [2.45, 2.75) is 33.2 Å². The summed E-state index contributed by atoms with van der Waals surface area (Å²) in [6.07, 6.45) is 6.94. The Balaban J connectivity index is 2.67. The molecule has 1 heterocycles. The van der Waals surface area contributed by atoms with Gasteiger partial charge in [-0.3, -0.25) is 0 Å². The zero-order valence-corrected chi connectivity index (χ0v) is 12.3. The van der Waals surface area contributed by atoms with Crippen LogP contribution in [0.1, 0.15) is 27.2 Å². The van der Waals surface area contributed by atoms with Gasteiger partial charge >= 0.3 is 0 Å². The van der Waals surface area contributed by atoms with Crippen molar-refractivity contribution in [2.75, 3.05) is 7.05 Å². The average Bonchev–Trinajstić information content (AvgIpc) is 2.37. The van der Waals surface area contributed by atoms with E-state index in [2.05, 4.69) is 48.6 Å². The molecule has 0 aliphatic carbocycles. The van der Waals surface area contributed by atoms with Crippen LogP contribution in [0.25, 0.3) is 0 Å². The number of allylic oxidation sites excluding steroid dienone is 3. The lowest BCUT2D eigenvalue weighted by Gasteiger charge is -2.27. The van der Waals surface area contributed by atoms with E-state index < -0.39 is 0 Å². The Morgan fingerprint density at radius 3 is 2.78 bits per heavy atom. The lowest BCUT2D eigenvalue weighted by molar-refractivity contribution is 0.417. The topological polar surface area (TPSA) is 27.0 Å². The van der Waals surface area contributed by atoms with E-state index in [9.17, 15) is 0 Å². The summed E-state index contributed by atoms with van der Waals surface area (Å²) in [4.78, 5) is 2.07. The highest BCUT2D eigenvalue weighted by Crippen LogP contribution is 2.21. The van der Waals surface area contributed by atoms with Crippen molar-refractivity contribution < 1.29 is 0 Å². The van der Waals surface area contributed by atoms with Crippen LogP contribution in [0.3, 0.4) is 0 Å². The Morgan fingerprint density at radius 2 is 2.22 bits per heavy atom. The minimum atomic E-state index is 0.255. The fourth-order valence-corrected chi connectivity index (χ4v) is 2.44. The molecule has 1 aliphatic rings. The van der Waals surface area contributed by atoms with Crippen LogP contribution in [0, 0.1) is 11.3 Å². The quantitative estimate of drug-likeness (QED) is 0.757. The number of likely N-dealkylation sites (N-methyl/N-ethyl adjacent to an activating group) is 1. The first-order valence-corrected chi connectivity index (χ1v) is 7.02. The summed E-state index contributed by atoms with van der Waals surface area (Å²) in [7, 11) is 2.00. The summed E-state index contributed by atoms with van der Waals surface area (Å²) < 4.78 is 0. The Bertz CT molecular complexity index is 450. The van der Waals surface area contributed by atoms with E-state index in [1.165, 1.54) is 11.1 Å². The molecule has 1 rings (SSSR count). The van der Waals surface area contributed by atoms with Crippen LogP contribution >= 0.6 is 11.8 Å². The molecule has 0 aromatic rings. The molecule has 0 bridgehead atoms. The minimum absolute atomic E-state index is 0.255. The second kappa shape index (κ2) is 7.13. The largest absolute Gasteiger partial charge is 0.369 e. The highest BCUT2D eigenvalue weighted by Gasteiger charge is 2.14. The van der Waals surface area contributed by atoms with Gasteiger partial charge in [-0.05, 0) is 42.7 Å². The van der Waals surface area contributed by atoms with Crippen LogP contribution < -0.4 is 0 Å². The van der Waals surface area contributed by atoms with Gasteiger partial charge in [-0.1, -0.05) is 18.6 Å². The molecule has 1 aliphatic heterocycles. The third-order valence-electron chi connectivity index (χ3n) is 2.92. The molecule has 96 valence electrons. The van der Waals surface area contributed by atoms with Crippen molar-refractivity contribution in [3.05, 3.63) is 45.9 Å². The van der Waals surface area contributed by atoms with E-state index in [0.717, 1.165) is 6.42 Å². The number of hydrogen-bond acceptors (Lipinski definition) is 3. The third-order valence-corrected chi connectivity index (χ3v) is 3.96. The molecule has 1 unspecified atom stereocenters. The number of rotatable bonds is 4. The first-order valence-electron chi connectivity index (χ1n) is 6.08. The molecular weight excluding hydrogens is 240 g/mol. The lowest BCUT2D eigenvalue weighted by atomic mass is 10.0. The summed E-state index contributed by atoms with van der Waals surface area (Å²) in [6, 6.07) is 2.41. The predicted molar refractivity (Wildman–Crippen MR) is 79.8 cm³/mol. The summed E-state index contributed by atoms with van der Waals surface area (Å²) in [5.74, 6) is 0. The van der Waals surface area contributed by atoms with Gasteiger partial charge in [-0.2, -0.15) is 5.26 Å². The van der Waals surface area contributed by atoms with E-state index in [1.807, 2.05) is 19.3 Å². The minimum Gasteiger partial charge on any atom is -0.369 e. The van der Waals surface area contributed by atoms with Crippen molar-refractivity contribution in [3.8, 4) is 6.07 Å². The molecule has 0 fully saturated rings. The van der Waals surface area contributed by atoms with E-state index in [1.54, 1.807) is 11.8 Å². The van der Waals surface area contributed by atoms with Crippen LogP contribution in [-0.4, -0.2) is 18.0 Å². The van der Waals surface area contributed by atoms with Crippen LogP contribution in [0.15, 0.2) is 45.9 Å². The Labute approximate surface area is 114 Å². The summed E-state index contributed by atoms with van der Waals surface area (Å²) >= 11 is 1.73. The zero-order chi connectivity index (χ0) is 13.5. The maximum absolute atomic E-state index is 8.84. The van der Waals surface area contributed by atoms with Crippen molar-refractivity contribution >= 4 is 11.8 Å². The summed E-state index contributed by atoms with van der Waals surface area (Å²) in [6.45, 7) is 6.43. The maximum Gasteiger partial charge on any atom is 0.101 e. The van der Waals surface area contributed by atoms with Gasteiger partial charge in [0.15, 0.2) is 0 Å². The standard InChI is InChI=1S/C15H20N2S/c1-5-12(2)10-18-11-13(3)15-7-6-14(8-16)9-17(15)4/h6-7,9-11,15H,5H2,1-4H3/b12-10-,13-11+. The summed E-state index contributed by atoms with van der Waals surface area (Å²) in [5, 5.41) is 13.2. The second-order valence-corrected chi connectivity index (χ2v) is 5.22. The molecule has 18 heavy (non-hydrogen) atoms. The SMILES string of the molecule is CC/C(C)=C\S/C=C(\C)C1C=CC(C#N)=CN1C. The molecule has 0 aromatic heterocycles. The van der Waals surface area contributed by atoms with Gasteiger partial charge in [0.2, 0.25) is 0 Å². The molecule has 1 atom stereocenters. The van der Waals surface area contributed by atoms with E-state index >= 15 is 0 Å². The fourth-order valence-electron chi connectivity index (χ4n) is 1.62. The smallest absolute Gasteiger partial charge is 0.101 e. The van der Waals surface area contributed by atoms with Gasteiger partial charge in [0.1, 0.15) is 6.07 Å². The molecule has 0 saturated heterocycles.